The summed E-state index contributed by atoms with van der Waals surface area (Å²) in [6.07, 6.45) is 2.15. The summed E-state index contributed by atoms with van der Waals surface area (Å²) < 4.78 is 13.7. The SMILES string of the molecule is COc1cc2ncn(CCCC(=O)Nc3cc(C)nn3-c3cccc(Cl)c3)c(=O)c2cc1OC. The number of nitrogens with zero attached hydrogens (tertiary/aromatic N) is 4. The molecule has 0 aliphatic rings. The van der Waals surface area contributed by atoms with E-state index in [1.165, 1.54) is 25.1 Å². The molecule has 0 radical (unpaired) electrons. The van der Waals surface area contributed by atoms with E-state index in [4.69, 9.17) is 21.1 Å². The first-order valence-electron chi connectivity index (χ1n) is 10.6. The Morgan fingerprint density at radius 2 is 1.88 bits per heavy atom. The summed E-state index contributed by atoms with van der Waals surface area (Å²) in [6, 6.07) is 12.3. The van der Waals surface area contributed by atoms with Gasteiger partial charge in [-0.25, -0.2) is 9.67 Å². The van der Waals surface area contributed by atoms with Crippen LogP contribution in [0.4, 0.5) is 5.82 Å². The zero-order valence-corrected chi connectivity index (χ0v) is 19.8. The van der Waals surface area contributed by atoms with Crippen molar-refractivity contribution >= 4 is 34.2 Å². The van der Waals surface area contributed by atoms with E-state index in [-0.39, 0.29) is 17.9 Å². The number of rotatable bonds is 8. The molecule has 0 unspecified atom stereocenters. The number of benzene rings is 2. The molecule has 34 heavy (non-hydrogen) atoms. The van der Waals surface area contributed by atoms with Gasteiger partial charge in [0.25, 0.3) is 5.56 Å². The Kier molecular flexibility index (Phi) is 6.83. The van der Waals surface area contributed by atoms with Crippen molar-refractivity contribution in [2.45, 2.75) is 26.3 Å². The zero-order chi connectivity index (χ0) is 24.2. The Hall–Kier alpha value is -3.85. The molecule has 0 atom stereocenters. The van der Waals surface area contributed by atoms with Gasteiger partial charge in [-0.1, -0.05) is 17.7 Å². The summed E-state index contributed by atoms with van der Waals surface area (Å²) in [5, 5.41) is 8.33. The van der Waals surface area contributed by atoms with E-state index < -0.39 is 0 Å². The van der Waals surface area contributed by atoms with E-state index in [2.05, 4.69) is 15.4 Å². The summed E-state index contributed by atoms with van der Waals surface area (Å²) in [4.78, 5) is 29.9. The fourth-order valence-electron chi connectivity index (χ4n) is 3.65. The van der Waals surface area contributed by atoms with Crippen molar-refractivity contribution in [1.82, 2.24) is 19.3 Å². The second-order valence-electron chi connectivity index (χ2n) is 7.68. The van der Waals surface area contributed by atoms with Crippen LogP contribution in [0.25, 0.3) is 16.6 Å². The second kappa shape index (κ2) is 9.96. The molecule has 0 saturated heterocycles. The molecule has 0 spiro atoms. The number of methoxy groups -OCH3 is 2. The molecule has 0 aliphatic carbocycles. The quantitative estimate of drug-likeness (QED) is 0.408. The van der Waals surface area contributed by atoms with Crippen LogP contribution in [-0.2, 0) is 11.3 Å². The van der Waals surface area contributed by atoms with Crippen molar-refractivity contribution in [3.63, 3.8) is 0 Å². The van der Waals surface area contributed by atoms with E-state index in [1.54, 1.807) is 35.0 Å². The Morgan fingerprint density at radius 1 is 1.12 bits per heavy atom. The lowest BCUT2D eigenvalue weighted by molar-refractivity contribution is -0.116. The van der Waals surface area contributed by atoms with Gasteiger partial charge in [0, 0.05) is 30.1 Å². The van der Waals surface area contributed by atoms with Crippen LogP contribution in [0.2, 0.25) is 5.02 Å². The second-order valence-corrected chi connectivity index (χ2v) is 8.12. The first kappa shape index (κ1) is 23.3. The number of aryl methyl sites for hydroxylation is 2. The van der Waals surface area contributed by atoms with Gasteiger partial charge in [0.15, 0.2) is 11.5 Å². The third kappa shape index (κ3) is 4.89. The Labute approximate surface area is 200 Å². The lowest BCUT2D eigenvalue weighted by Gasteiger charge is -2.11. The van der Waals surface area contributed by atoms with E-state index in [9.17, 15) is 9.59 Å². The maximum Gasteiger partial charge on any atom is 0.261 e. The zero-order valence-electron chi connectivity index (χ0n) is 19.0. The Bertz CT molecular complexity index is 1410. The van der Waals surface area contributed by atoms with Crippen LogP contribution in [0.1, 0.15) is 18.5 Å². The number of aromatic nitrogens is 4. The van der Waals surface area contributed by atoms with Gasteiger partial charge in [0.2, 0.25) is 5.91 Å². The van der Waals surface area contributed by atoms with E-state index in [0.717, 1.165) is 11.4 Å². The number of hydrogen-bond donors (Lipinski definition) is 1. The largest absolute Gasteiger partial charge is 0.493 e. The third-order valence-corrected chi connectivity index (χ3v) is 5.52. The maximum absolute atomic E-state index is 12.9. The fourth-order valence-corrected chi connectivity index (χ4v) is 3.84. The molecule has 1 N–H and O–H groups in total. The molecule has 2 aromatic carbocycles. The van der Waals surface area contributed by atoms with Crippen molar-refractivity contribution in [2.75, 3.05) is 19.5 Å². The van der Waals surface area contributed by atoms with Crippen LogP contribution >= 0.6 is 11.6 Å². The van der Waals surface area contributed by atoms with Crippen LogP contribution in [0, 0.1) is 6.92 Å². The molecule has 0 aliphatic heterocycles. The molecule has 4 aromatic rings. The molecular weight excluding hydrogens is 458 g/mol. The van der Waals surface area contributed by atoms with Gasteiger partial charge in [-0.3, -0.25) is 14.2 Å². The molecule has 4 rings (SSSR count). The maximum atomic E-state index is 12.9. The summed E-state index contributed by atoms with van der Waals surface area (Å²) in [7, 11) is 3.04. The van der Waals surface area contributed by atoms with Crippen molar-refractivity contribution in [1.29, 1.82) is 0 Å². The minimum absolute atomic E-state index is 0.184. The molecule has 0 bridgehead atoms. The number of amides is 1. The van der Waals surface area contributed by atoms with Crippen molar-refractivity contribution < 1.29 is 14.3 Å². The highest BCUT2D eigenvalue weighted by Crippen LogP contribution is 2.29. The topological polar surface area (TPSA) is 100 Å². The number of halogens is 1. The first-order chi connectivity index (χ1) is 16.4. The molecule has 176 valence electrons. The van der Waals surface area contributed by atoms with E-state index in [1.807, 2.05) is 19.1 Å². The minimum Gasteiger partial charge on any atom is -0.493 e. The fraction of sp³-hybridized carbons (Fsp3) is 0.250. The molecule has 0 fully saturated rings. The Balaban J connectivity index is 1.44. The van der Waals surface area contributed by atoms with Gasteiger partial charge in [-0.2, -0.15) is 5.10 Å². The van der Waals surface area contributed by atoms with Crippen molar-refractivity contribution in [2.24, 2.45) is 0 Å². The molecule has 2 aromatic heterocycles. The highest BCUT2D eigenvalue weighted by molar-refractivity contribution is 6.30. The minimum atomic E-state index is -0.207. The van der Waals surface area contributed by atoms with E-state index >= 15 is 0 Å². The molecule has 1 amide bonds. The molecular formula is C24H24ClN5O4. The normalized spacial score (nSPS) is 10.9. The summed E-state index contributed by atoms with van der Waals surface area (Å²) in [5.41, 5.74) is 1.81. The highest BCUT2D eigenvalue weighted by Gasteiger charge is 2.13. The van der Waals surface area contributed by atoms with E-state index in [0.29, 0.717) is 46.2 Å². The summed E-state index contributed by atoms with van der Waals surface area (Å²) in [6.45, 7) is 2.19. The number of carbonyl (C=O) groups is 1. The number of carbonyl (C=O) groups excluding carboxylic acids is 1. The lowest BCUT2D eigenvalue weighted by atomic mass is 10.2. The third-order valence-electron chi connectivity index (χ3n) is 5.28. The van der Waals surface area contributed by atoms with Gasteiger partial charge in [-0.15, -0.1) is 0 Å². The number of ether oxygens (including phenoxy) is 2. The monoisotopic (exact) mass is 481 g/mol. The van der Waals surface area contributed by atoms with Crippen LogP contribution in [0.5, 0.6) is 11.5 Å². The number of anilines is 1. The smallest absolute Gasteiger partial charge is 0.261 e. The molecule has 2 heterocycles. The lowest BCUT2D eigenvalue weighted by Crippen LogP contribution is -2.22. The number of fused-ring (bicyclic) bond motifs is 1. The van der Waals surface area contributed by atoms with Gasteiger partial charge in [0.1, 0.15) is 5.82 Å². The predicted molar refractivity (Wildman–Crippen MR) is 130 cm³/mol. The standard InChI is InChI=1S/C24H24ClN5O4/c1-15-10-22(30(28-15)17-7-4-6-16(25)11-17)27-23(31)8-5-9-29-14-26-19-13-21(34-3)20(33-2)12-18(19)24(29)32/h4,6-7,10-14H,5,8-9H2,1-3H3,(H,27,31). The van der Waals surface area contributed by atoms with Crippen LogP contribution in [0.3, 0.4) is 0 Å². The molecule has 9 nitrogen and oxygen atoms in total. The first-order valence-corrected chi connectivity index (χ1v) is 11.0. The van der Waals surface area contributed by atoms with Crippen LogP contribution in [0.15, 0.2) is 53.6 Å². The van der Waals surface area contributed by atoms with Gasteiger partial charge >= 0.3 is 0 Å². The average molecular weight is 482 g/mol. The predicted octanol–water partition coefficient (Wildman–Crippen LogP) is 3.98. The molecule has 0 saturated carbocycles. The van der Waals surface area contributed by atoms with Gasteiger partial charge in [-0.05, 0) is 37.6 Å². The van der Waals surface area contributed by atoms with Gasteiger partial charge < -0.3 is 14.8 Å². The Morgan fingerprint density at radius 3 is 2.62 bits per heavy atom. The summed E-state index contributed by atoms with van der Waals surface area (Å²) in [5.74, 6) is 1.33. The van der Waals surface area contributed by atoms with Crippen LogP contribution < -0.4 is 20.3 Å². The molecule has 10 heteroatoms. The number of hydrogen-bond acceptors (Lipinski definition) is 6. The van der Waals surface area contributed by atoms with Crippen molar-refractivity contribution in [3.05, 3.63) is 69.9 Å². The highest BCUT2D eigenvalue weighted by atomic mass is 35.5. The summed E-state index contributed by atoms with van der Waals surface area (Å²) >= 11 is 6.09. The van der Waals surface area contributed by atoms with Crippen LogP contribution in [-0.4, -0.2) is 39.5 Å². The number of nitrogens with one attached hydrogen (secondary N) is 1. The van der Waals surface area contributed by atoms with Crippen molar-refractivity contribution in [3.8, 4) is 17.2 Å². The average Bonchev–Trinajstić information content (AvgIpc) is 3.19. The van der Waals surface area contributed by atoms with Gasteiger partial charge in [0.05, 0.1) is 42.8 Å².